The molecule has 120 valence electrons. The lowest BCUT2D eigenvalue weighted by Crippen LogP contribution is -2.08. The van der Waals surface area contributed by atoms with Crippen molar-refractivity contribution in [1.82, 2.24) is 0 Å². The molecule has 0 saturated carbocycles. The zero-order chi connectivity index (χ0) is 16.1. The highest BCUT2D eigenvalue weighted by Crippen LogP contribution is 2.32. The van der Waals surface area contributed by atoms with Gasteiger partial charge in [-0.05, 0) is 13.8 Å². The van der Waals surface area contributed by atoms with E-state index in [4.69, 9.17) is 9.47 Å². The van der Waals surface area contributed by atoms with Gasteiger partial charge in [0, 0.05) is 32.8 Å². The first-order chi connectivity index (χ1) is 9.99. The predicted octanol–water partition coefficient (Wildman–Crippen LogP) is 3.34. The molecular weight excluding hydrogens is 328 g/mol. The number of carbonyl (C=O) groups is 2. The van der Waals surface area contributed by atoms with Crippen molar-refractivity contribution in [1.29, 1.82) is 0 Å². The van der Waals surface area contributed by atoms with Crippen molar-refractivity contribution in [3.63, 3.8) is 0 Å². The van der Waals surface area contributed by atoms with Gasteiger partial charge in [-0.1, -0.05) is 13.2 Å². The average Bonchev–Trinajstić information content (AvgIpc) is 2.47. The Balaban J connectivity index is 3.57. The largest absolute Gasteiger partial charge is 0.462 e. The lowest BCUT2D eigenvalue weighted by molar-refractivity contribution is -0.138. The summed E-state index contributed by atoms with van der Waals surface area (Å²) in [6, 6.07) is 0. The van der Waals surface area contributed by atoms with E-state index in [-0.39, 0.29) is 11.9 Å². The second kappa shape index (κ2) is 13.2. The maximum atomic E-state index is 10.9. The van der Waals surface area contributed by atoms with E-state index in [2.05, 4.69) is 27.0 Å². The summed E-state index contributed by atoms with van der Waals surface area (Å²) >= 11 is 5.32. The number of thioether (sulfide) groups is 3. The standard InChI is InChI=1S/C14H22O4S3/c1-5-13(15)17-7-9-19-11(3)21-12(4)20-10-8-18-14(16)6-2/h5-6,11-12H,1-2,7-10H2,3-4H3. The minimum absolute atomic E-state index is 0.381. The number of hydrogen-bond donors (Lipinski definition) is 0. The van der Waals surface area contributed by atoms with Crippen molar-refractivity contribution in [3.05, 3.63) is 25.3 Å². The van der Waals surface area contributed by atoms with Gasteiger partial charge in [0.2, 0.25) is 0 Å². The van der Waals surface area contributed by atoms with Gasteiger partial charge in [0.15, 0.2) is 0 Å². The number of carbonyl (C=O) groups excluding carboxylic acids is 2. The Morgan fingerprint density at radius 1 is 0.952 bits per heavy atom. The molecular formula is C14H22O4S3. The third-order valence-corrected chi connectivity index (χ3v) is 6.07. The van der Waals surface area contributed by atoms with Gasteiger partial charge < -0.3 is 9.47 Å². The maximum absolute atomic E-state index is 10.9. The van der Waals surface area contributed by atoms with Crippen LogP contribution in [0, 0.1) is 0 Å². The highest BCUT2D eigenvalue weighted by molar-refractivity contribution is 8.24. The van der Waals surface area contributed by atoms with Crippen LogP contribution in [0.15, 0.2) is 25.3 Å². The van der Waals surface area contributed by atoms with Crippen LogP contribution in [0.1, 0.15) is 13.8 Å². The van der Waals surface area contributed by atoms with Gasteiger partial charge in [-0.25, -0.2) is 9.59 Å². The summed E-state index contributed by atoms with van der Waals surface area (Å²) in [5.74, 6) is 0.771. The Labute approximate surface area is 139 Å². The van der Waals surface area contributed by atoms with Crippen molar-refractivity contribution >= 4 is 47.2 Å². The molecule has 0 bridgehead atoms. The highest BCUT2D eigenvalue weighted by atomic mass is 32.2. The Morgan fingerprint density at radius 2 is 1.33 bits per heavy atom. The summed E-state index contributed by atoms with van der Waals surface area (Å²) in [5.41, 5.74) is 0. The summed E-state index contributed by atoms with van der Waals surface area (Å²) < 4.78 is 10.6. The zero-order valence-electron chi connectivity index (χ0n) is 12.4. The first-order valence-electron chi connectivity index (χ1n) is 6.46. The molecule has 0 fully saturated rings. The van der Waals surface area contributed by atoms with Crippen molar-refractivity contribution in [2.24, 2.45) is 0 Å². The van der Waals surface area contributed by atoms with Gasteiger partial charge in [-0.15, -0.1) is 35.3 Å². The van der Waals surface area contributed by atoms with Gasteiger partial charge in [0.1, 0.15) is 13.2 Å². The van der Waals surface area contributed by atoms with Gasteiger partial charge in [0.05, 0.1) is 0 Å². The van der Waals surface area contributed by atoms with Crippen LogP contribution in [0.4, 0.5) is 0 Å². The van der Waals surface area contributed by atoms with E-state index < -0.39 is 0 Å². The Bertz CT molecular complexity index is 315. The number of rotatable bonds is 12. The molecule has 2 atom stereocenters. The van der Waals surface area contributed by atoms with Crippen molar-refractivity contribution in [2.45, 2.75) is 23.0 Å². The van der Waals surface area contributed by atoms with Gasteiger partial charge >= 0.3 is 11.9 Å². The van der Waals surface area contributed by atoms with E-state index in [1.807, 2.05) is 11.8 Å². The SMILES string of the molecule is C=CC(=O)OCCSC(C)SC(C)SCCOC(=O)C=C. The highest BCUT2D eigenvalue weighted by Gasteiger charge is 2.10. The molecule has 0 N–H and O–H groups in total. The molecule has 0 rings (SSSR count). The van der Waals surface area contributed by atoms with Crippen LogP contribution in [0.2, 0.25) is 0 Å². The smallest absolute Gasteiger partial charge is 0.330 e. The molecule has 0 aliphatic rings. The minimum Gasteiger partial charge on any atom is -0.462 e. The van der Waals surface area contributed by atoms with Crippen molar-refractivity contribution in [3.8, 4) is 0 Å². The fourth-order valence-corrected chi connectivity index (χ4v) is 5.16. The molecule has 0 aliphatic heterocycles. The molecule has 0 radical (unpaired) electrons. The summed E-state index contributed by atoms with van der Waals surface area (Å²) in [4.78, 5) is 21.7. The monoisotopic (exact) mass is 350 g/mol. The zero-order valence-corrected chi connectivity index (χ0v) is 14.9. The molecule has 0 heterocycles. The quantitative estimate of drug-likeness (QED) is 0.231. The molecule has 0 aliphatic carbocycles. The summed E-state index contributed by atoms with van der Waals surface area (Å²) in [7, 11) is 0. The first kappa shape index (κ1) is 20.5. The Kier molecular flexibility index (Phi) is 12.8. The van der Waals surface area contributed by atoms with Crippen LogP contribution in [-0.2, 0) is 19.1 Å². The average molecular weight is 351 g/mol. The number of esters is 2. The third-order valence-electron chi connectivity index (χ3n) is 2.08. The molecule has 7 heteroatoms. The van der Waals surface area contributed by atoms with Crippen LogP contribution in [0.5, 0.6) is 0 Å². The summed E-state index contributed by atoms with van der Waals surface area (Å²) in [5, 5.41) is 0. The molecule has 0 aromatic carbocycles. The molecule has 0 saturated heterocycles. The van der Waals surface area contributed by atoms with Crippen LogP contribution in [0.3, 0.4) is 0 Å². The molecule has 4 nitrogen and oxygen atoms in total. The summed E-state index contributed by atoms with van der Waals surface area (Å²) in [6.07, 6.45) is 2.33. The van der Waals surface area contributed by atoms with Crippen LogP contribution in [0.25, 0.3) is 0 Å². The van der Waals surface area contributed by atoms with E-state index in [9.17, 15) is 9.59 Å². The van der Waals surface area contributed by atoms with Crippen LogP contribution in [-0.4, -0.2) is 45.8 Å². The van der Waals surface area contributed by atoms with Crippen LogP contribution < -0.4 is 0 Å². The number of hydrogen-bond acceptors (Lipinski definition) is 7. The van der Waals surface area contributed by atoms with Gasteiger partial charge in [0.25, 0.3) is 0 Å². The minimum atomic E-state index is -0.381. The van der Waals surface area contributed by atoms with E-state index in [1.54, 1.807) is 23.5 Å². The van der Waals surface area contributed by atoms with Crippen molar-refractivity contribution in [2.75, 3.05) is 24.7 Å². The predicted molar refractivity (Wildman–Crippen MR) is 93.7 cm³/mol. The van der Waals surface area contributed by atoms with Gasteiger partial charge in [-0.2, -0.15) is 0 Å². The van der Waals surface area contributed by atoms with Gasteiger partial charge in [-0.3, -0.25) is 0 Å². The van der Waals surface area contributed by atoms with E-state index >= 15 is 0 Å². The molecule has 2 unspecified atom stereocenters. The first-order valence-corrected chi connectivity index (χ1v) is 9.50. The Morgan fingerprint density at radius 3 is 1.67 bits per heavy atom. The lowest BCUT2D eigenvalue weighted by atomic mass is 10.6. The Hall–Kier alpha value is -0.530. The molecule has 0 amide bonds. The fourth-order valence-electron chi connectivity index (χ4n) is 1.18. The van der Waals surface area contributed by atoms with Crippen molar-refractivity contribution < 1.29 is 19.1 Å². The number of ether oxygens (including phenoxy) is 2. The van der Waals surface area contributed by atoms with Crippen LogP contribution >= 0.6 is 35.3 Å². The fraction of sp³-hybridized carbons (Fsp3) is 0.571. The molecule has 0 aromatic rings. The molecule has 21 heavy (non-hydrogen) atoms. The third kappa shape index (κ3) is 12.9. The topological polar surface area (TPSA) is 52.6 Å². The van der Waals surface area contributed by atoms with E-state index in [1.165, 1.54) is 12.2 Å². The normalized spacial score (nSPS) is 13.0. The second-order valence-corrected chi connectivity index (χ2v) is 8.94. The molecule has 0 aromatic heterocycles. The van der Waals surface area contributed by atoms with E-state index in [0.717, 1.165) is 11.5 Å². The maximum Gasteiger partial charge on any atom is 0.330 e. The summed E-state index contributed by atoms with van der Waals surface area (Å²) in [6.45, 7) is 11.7. The van der Waals surface area contributed by atoms with E-state index in [0.29, 0.717) is 22.4 Å². The second-order valence-electron chi connectivity index (χ2n) is 3.76. The molecule has 0 spiro atoms. The lowest BCUT2D eigenvalue weighted by Gasteiger charge is -2.16.